The van der Waals surface area contributed by atoms with E-state index in [9.17, 15) is 4.79 Å². The Hall–Kier alpha value is -3.46. The number of rotatable bonds is 4. The van der Waals surface area contributed by atoms with Gasteiger partial charge in [0.2, 0.25) is 5.95 Å². The SMILES string of the molecule is COc1cc2nc(N3CCN(C(=O)Nc4ccccc4C)CC3)nc(N)c2cc1OC.[Cl-].[H+]. The van der Waals surface area contributed by atoms with E-state index in [4.69, 9.17) is 15.2 Å². The lowest BCUT2D eigenvalue weighted by Gasteiger charge is -2.35. The summed E-state index contributed by atoms with van der Waals surface area (Å²) in [6.07, 6.45) is 0. The summed E-state index contributed by atoms with van der Waals surface area (Å²) in [5, 5.41) is 3.69. The van der Waals surface area contributed by atoms with Crippen molar-refractivity contribution >= 4 is 34.4 Å². The van der Waals surface area contributed by atoms with Crippen LogP contribution >= 0.6 is 0 Å². The fourth-order valence-electron chi connectivity index (χ4n) is 3.62. The number of hydrogen-bond acceptors (Lipinski definition) is 7. The molecular formula is C22H27ClN6O3. The first-order valence-electron chi connectivity index (χ1n) is 10.1. The van der Waals surface area contributed by atoms with Crippen LogP contribution in [0.5, 0.6) is 11.5 Å². The molecule has 0 unspecified atom stereocenters. The molecule has 1 fully saturated rings. The number of hydrogen-bond donors (Lipinski definition) is 2. The van der Waals surface area contributed by atoms with Crippen LogP contribution < -0.4 is 37.8 Å². The number of amides is 2. The molecule has 1 aromatic heterocycles. The van der Waals surface area contributed by atoms with E-state index in [1.165, 1.54) is 0 Å². The van der Waals surface area contributed by atoms with Gasteiger partial charge in [0.15, 0.2) is 11.5 Å². The molecule has 32 heavy (non-hydrogen) atoms. The average molecular weight is 459 g/mol. The van der Waals surface area contributed by atoms with Gasteiger partial charge in [-0.05, 0) is 24.6 Å². The number of nitrogens with two attached hydrogens (primary N) is 1. The highest BCUT2D eigenvalue weighted by Crippen LogP contribution is 2.34. The van der Waals surface area contributed by atoms with Crippen LogP contribution in [0.4, 0.5) is 22.2 Å². The van der Waals surface area contributed by atoms with Crippen molar-refractivity contribution in [2.75, 3.05) is 56.3 Å². The molecule has 0 aliphatic carbocycles. The number of halogens is 1. The van der Waals surface area contributed by atoms with Gasteiger partial charge in [-0.1, -0.05) is 18.2 Å². The van der Waals surface area contributed by atoms with Crippen LogP contribution in [0.1, 0.15) is 6.99 Å². The third kappa shape index (κ3) is 4.57. The number of aryl methyl sites for hydroxylation is 1. The van der Waals surface area contributed by atoms with Crippen LogP contribution in [0.3, 0.4) is 0 Å². The Morgan fingerprint density at radius 3 is 2.38 bits per heavy atom. The lowest BCUT2D eigenvalue weighted by atomic mass is 10.2. The molecule has 9 nitrogen and oxygen atoms in total. The Bertz CT molecular complexity index is 1120. The number of para-hydroxylation sites is 1. The Labute approximate surface area is 194 Å². The molecule has 1 aliphatic rings. The minimum Gasteiger partial charge on any atom is -1.00 e. The maximum absolute atomic E-state index is 12.6. The number of aromatic nitrogens is 2. The Kier molecular flexibility index (Phi) is 7.09. The summed E-state index contributed by atoms with van der Waals surface area (Å²) >= 11 is 0. The Morgan fingerprint density at radius 2 is 1.72 bits per heavy atom. The summed E-state index contributed by atoms with van der Waals surface area (Å²) in [5.74, 6) is 2.07. The highest BCUT2D eigenvalue weighted by atomic mass is 35.5. The Balaban J connectivity index is 0.00000193. The normalized spacial score (nSPS) is 13.5. The fraction of sp³-hybridized carbons (Fsp3) is 0.318. The zero-order chi connectivity index (χ0) is 22.0. The maximum Gasteiger partial charge on any atom is 1.00 e. The van der Waals surface area contributed by atoms with E-state index in [0.717, 1.165) is 11.3 Å². The lowest BCUT2D eigenvalue weighted by Crippen LogP contribution is -3.00. The number of carbonyl (C=O) groups is 1. The zero-order valence-electron chi connectivity index (χ0n) is 19.3. The summed E-state index contributed by atoms with van der Waals surface area (Å²) in [7, 11) is 3.15. The first kappa shape index (κ1) is 23.2. The summed E-state index contributed by atoms with van der Waals surface area (Å²) < 4.78 is 10.7. The van der Waals surface area contributed by atoms with Crippen LogP contribution in [0, 0.1) is 6.92 Å². The number of ether oxygens (including phenoxy) is 2. The second-order valence-electron chi connectivity index (χ2n) is 7.35. The first-order valence-corrected chi connectivity index (χ1v) is 10.1. The van der Waals surface area contributed by atoms with Crippen molar-refractivity contribution in [1.82, 2.24) is 14.9 Å². The van der Waals surface area contributed by atoms with E-state index in [1.54, 1.807) is 31.3 Å². The van der Waals surface area contributed by atoms with Crippen LogP contribution in [0.2, 0.25) is 0 Å². The molecule has 2 heterocycles. The molecule has 4 rings (SSSR count). The topological polar surface area (TPSA) is 106 Å². The van der Waals surface area contributed by atoms with Gasteiger partial charge in [0.05, 0.1) is 19.7 Å². The predicted molar refractivity (Wildman–Crippen MR) is 122 cm³/mol. The maximum atomic E-state index is 12.6. The van der Waals surface area contributed by atoms with Crippen molar-refractivity contribution in [3.63, 3.8) is 0 Å². The van der Waals surface area contributed by atoms with Gasteiger partial charge in [-0.3, -0.25) is 0 Å². The van der Waals surface area contributed by atoms with Crippen molar-refractivity contribution in [2.45, 2.75) is 6.92 Å². The number of piperazine rings is 1. The number of nitrogens with zero attached hydrogens (tertiary/aromatic N) is 4. The quantitative estimate of drug-likeness (QED) is 0.567. The standard InChI is InChI=1S/C22H26N6O3.ClH/c1-14-6-4-5-7-16(14)25-22(29)28-10-8-27(9-11-28)21-24-17-13-19(31-3)18(30-2)12-15(17)20(23)26-21;/h4-7,12-13H,8-11H2,1-3H3,(H,25,29)(H2,23,24,26);1H. The van der Waals surface area contributed by atoms with E-state index in [0.29, 0.717) is 60.3 Å². The lowest BCUT2D eigenvalue weighted by molar-refractivity contribution is -0.0000103. The number of carbonyl (C=O) groups excluding carboxylic acids is 1. The van der Waals surface area contributed by atoms with Gasteiger partial charge in [0.1, 0.15) is 5.82 Å². The van der Waals surface area contributed by atoms with E-state index in [2.05, 4.69) is 15.3 Å². The molecular weight excluding hydrogens is 432 g/mol. The zero-order valence-corrected chi connectivity index (χ0v) is 19.0. The predicted octanol–water partition coefficient (Wildman–Crippen LogP) is 0.00822. The van der Waals surface area contributed by atoms with Gasteiger partial charge in [0.25, 0.3) is 0 Å². The number of fused-ring (bicyclic) bond motifs is 1. The average Bonchev–Trinajstić information content (AvgIpc) is 2.79. The molecule has 0 spiro atoms. The summed E-state index contributed by atoms with van der Waals surface area (Å²) in [6.45, 7) is 4.31. The minimum absolute atomic E-state index is 0. The van der Waals surface area contributed by atoms with Crippen LogP contribution in [-0.2, 0) is 0 Å². The Morgan fingerprint density at radius 1 is 1.06 bits per heavy atom. The number of nitrogens with one attached hydrogen (secondary N) is 1. The molecule has 1 saturated heterocycles. The van der Waals surface area contributed by atoms with Crippen molar-refractivity contribution < 1.29 is 28.1 Å². The third-order valence-electron chi connectivity index (χ3n) is 5.46. The third-order valence-corrected chi connectivity index (χ3v) is 5.46. The summed E-state index contributed by atoms with van der Waals surface area (Å²) in [6, 6.07) is 11.2. The van der Waals surface area contributed by atoms with Gasteiger partial charge in [0, 0.05) is 43.3 Å². The second kappa shape index (κ2) is 9.78. The van der Waals surface area contributed by atoms with Crippen molar-refractivity contribution in [1.29, 1.82) is 0 Å². The van der Waals surface area contributed by atoms with Gasteiger partial charge in [-0.2, -0.15) is 4.98 Å². The molecule has 170 valence electrons. The van der Waals surface area contributed by atoms with Crippen LogP contribution in [0.15, 0.2) is 36.4 Å². The molecule has 10 heteroatoms. The van der Waals surface area contributed by atoms with Crippen LogP contribution in [-0.4, -0.2) is 61.3 Å². The molecule has 3 aromatic rings. The smallest absolute Gasteiger partial charge is 1.00 e. The largest absolute Gasteiger partial charge is 1.00 e. The first-order chi connectivity index (χ1) is 15.0. The molecule has 0 bridgehead atoms. The van der Waals surface area contributed by atoms with Gasteiger partial charge >= 0.3 is 7.46 Å². The molecule has 0 radical (unpaired) electrons. The fourth-order valence-corrected chi connectivity index (χ4v) is 3.62. The minimum atomic E-state index is -0.107. The highest BCUT2D eigenvalue weighted by molar-refractivity contribution is 5.92. The number of benzene rings is 2. The molecule has 2 amide bonds. The number of urea groups is 1. The summed E-state index contributed by atoms with van der Waals surface area (Å²) in [4.78, 5) is 25.6. The molecule has 1 aliphatic heterocycles. The summed E-state index contributed by atoms with van der Waals surface area (Å²) in [5.41, 5.74) is 8.74. The molecule has 0 saturated carbocycles. The monoisotopic (exact) mass is 458 g/mol. The number of anilines is 3. The van der Waals surface area contributed by atoms with Crippen molar-refractivity contribution in [2.24, 2.45) is 0 Å². The van der Waals surface area contributed by atoms with E-state index >= 15 is 0 Å². The van der Waals surface area contributed by atoms with Crippen molar-refractivity contribution in [3.05, 3.63) is 42.0 Å². The van der Waals surface area contributed by atoms with E-state index in [-0.39, 0.29) is 19.9 Å². The van der Waals surface area contributed by atoms with Gasteiger partial charge < -0.3 is 42.7 Å². The second-order valence-corrected chi connectivity index (χ2v) is 7.35. The van der Waals surface area contributed by atoms with E-state index < -0.39 is 0 Å². The highest BCUT2D eigenvalue weighted by Gasteiger charge is 2.24. The van der Waals surface area contributed by atoms with E-state index in [1.807, 2.05) is 36.1 Å². The van der Waals surface area contributed by atoms with Crippen LogP contribution in [0.25, 0.3) is 10.9 Å². The van der Waals surface area contributed by atoms with Gasteiger partial charge in [-0.25, -0.2) is 9.78 Å². The molecule has 2 aromatic carbocycles. The molecule has 0 atom stereocenters. The number of nitrogen functional groups attached to an aromatic ring is 1. The molecule has 3 N–H and O–H groups in total. The van der Waals surface area contributed by atoms with Crippen molar-refractivity contribution in [3.8, 4) is 11.5 Å². The van der Waals surface area contributed by atoms with Gasteiger partial charge in [-0.15, -0.1) is 0 Å². The number of methoxy groups -OCH3 is 2.